The van der Waals surface area contributed by atoms with Crippen LogP contribution in [0.2, 0.25) is 5.02 Å². The number of hydrogen-bond donors (Lipinski definition) is 0. The number of fused-ring (bicyclic) bond motifs is 2. The smallest absolute Gasteiger partial charge is 0.345 e. The second-order valence-electron chi connectivity index (χ2n) is 2.76. The molecule has 0 saturated heterocycles. The van der Waals surface area contributed by atoms with Gasteiger partial charge in [0.15, 0.2) is 0 Å². The van der Waals surface area contributed by atoms with Gasteiger partial charge in [0.2, 0.25) is 11.5 Å². The molecule has 0 atom stereocenters. The minimum atomic E-state index is -2.14. The molecule has 0 aromatic heterocycles. The average Bonchev–Trinajstić information content (AvgIpc) is 2.41. The molecule has 0 fully saturated rings. The Kier molecular flexibility index (Phi) is 3.01. The number of carbonyl (C=O) groups is 1. The zero-order valence-electron chi connectivity index (χ0n) is 7.30. The predicted molar refractivity (Wildman–Crippen MR) is 58.4 cm³/mol. The number of rotatable bonds is 1. The first-order valence-corrected chi connectivity index (χ1v) is 5.37. The SMILES string of the molecule is O=C(OC(Cl)(Cl)Cl)c1ccc2c(Cl)c1OO2. The molecule has 2 bridgehead atoms. The Balaban J connectivity index is 2.31. The average molecular weight is 304 g/mol. The minimum absolute atomic E-state index is 0.0116. The van der Waals surface area contributed by atoms with Gasteiger partial charge in [-0.15, -0.1) is 0 Å². The molecule has 86 valence electrons. The van der Waals surface area contributed by atoms with E-state index in [9.17, 15) is 4.79 Å². The molecule has 8 heteroatoms. The predicted octanol–water partition coefficient (Wildman–Crippen LogP) is 3.51. The van der Waals surface area contributed by atoms with Crippen LogP contribution in [0.15, 0.2) is 12.1 Å². The fourth-order valence-corrected chi connectivity index (χ4v) is 1.53. The van der Waals surface area contributed by atoms with Crippen molar-refractivity contribution in [3.63, 3.8) is 0 Å². The Morgan fingerprint density at radius 1 is 1.25 bits per heavy atom. The summed E-state index contributed by atoms with van der Waals surface area (Å²) in [6.45, 7) is 0. The summed E-state index contributed by atoms with van der Waals surface area (Å²) in [7, 11) is 0. The van der Waals surface area contributed by atoms with E-state index in [0.717, 1.165) is 0 Å². The first-order chi connectivity index (χ1) is 7.38. The van der Waals surface area contributed by atoms with Crippen molar-refractivity contribution in [3.8, 4) is 11.5 Å². The summed E-state index contributed by atoms with van der Waals surface area (Å²) in [5.74, 6) is -0.533. The molecule has 1 heterocycles. The van der Waals surface area contributed by atoms with Crippen molar-refractivity contribution in [1.82, 2.24) is 0 Å². The zero-order valence-corrected chi connectivity index (χ0v) is 10.3. The van der Waals surface area contributed by atoms with E-state index in [-0.39, 0.29) is 16.3 Å². The van der Waals surface area contributed by atoms with E-state index in [1.54, 1.807) is 0 Å². The maximum Gasteiger partial charge on any atom is 0.345 e. The van der Waals surface area contributed by atoms with Crippen molar-refractivity contribution in [2.75, 3.05) is 0 Å². The second-order valence-corrected chi connectivity index (χ2v) is 5.31. The second kappa shape index (κ2) is 4.04. The third kappa shape index (κ3) is 2.25. The van der Waals surface area contributed by atoms with Crippen LogP contribution in [0.3, 0.4) is 0 Å². The number of ether oxygens (including phenoxy) is 1. The highest BCUT2D eigenvalue weighted by Gasteiger charge is 2.32. The van der Waals surface area contributed by atoms with Crippen LogP contribution in [0, 0.1) is 0 Å². The third-order valence-electron chi connectivity index (χ3n) is 1.70. The van der Waals surface area contributed by atoms with E-state index < -0.39 is 9.95 Å². The van der Waals surface area contributed by atoms with Gasteiger partial charge in [-0.1, -0.05) is 11.6 Å². The summed E-state index contributed by atoms with van der Waals surface area (Å²) in [5.41, 5.74) is 0.0116. The lowest BCUT2D eigenvalue weighted by Crippen LogP contribution is -2.16. The quantitative estimate of drug-likeness (QED) is 0.452. The van der Waals surface area contributed by atoms with Crippen LogP contribution in [0.25, 0.3) is 0 Å². The Bertz CT molecular complexity index is 454. The van der Waals surface area contributed by atoms with Crippen LogP contribution >= 0.6 is 46.4 Å². The summed E-state index contributed by atoms with van der Waals surface area (Å²) in [5, 5.41) is 0.166. The van der Waals surface area contributed by atoms with E-state index in [0.29, 0.717) is 5.75 Å². The molecule has 0 saturated carbocycles. The Hall–Kier alpha value is -0.550. The van der Waals surface area contributed by atoms with E-state index in [2.05, 4.69) is 4.74 Å². The summed E-state index contributed by atoms with van der Waals surface area (Å²) in [6.07, 6.45) is 0. The van der Waals surface area contributed by atoms with Gasteiger partial charge in [-0.25, -0.2) is 4.79 Å². The lowest BCUT2D eigenvalue weighted by molar-refractivity contribution is -0.0853. The Morgan fingerprint density at radius 2 is 1.94 bits per heavy atom. The summed E-state index contributed by atoms with van der Waals surface area (Å²) in [6, 6.07) is 2.83. The zero-order chi connectivity index (χ0) is 11.9. The van der Waals surface area contributed by atoms with Crippen LogP contribution in [-0.4, -0.2) is 9.95 Å². The molecule has 0 N–H and O–H groups in total. The molecule has 1 aliphatic rings. The first kappa shape index (κ1) is 11.9. The van der Waals surface area contributed by atoms with E-state index in [4.69, 9.17) is 56.2 Å². The first-order valence-electron chi connectivity index (χ1n) is 3.85. The molecule has 16 heavy (non-hydrogen) atoms. The largest absolute Gasteiger partial charge is 0.411 e. The van der Waals surface area contributed by atoms with Crippen molar-refractivity contribution < 1.29 is 19.3 Å². The number of esters is 1. The molecular formula is C8H2Cl4O4. The molecule has 0 amide bonds. The van der Waals surface area contributed by atoms with Crippen molar-refractivity contribution in [2.45, 2.75) is 3.98 Å². The van der Waals surface area contributed by atoms with E-state index >= 15 is 0 Å². The van der Waals surface area contributed by atoms with Crippen molar-refractivity contribution >= 4 is 52.4 Å². The Labute approximate surface area is 110 Å². The monoisotopic (exact) mass is 302 g/mol. The molecule has 0 unspecified atom stereocenters. The van der Waals surface area contributed by atoms with Crippen LogP contribution in [-0.2, 0) is 4.74 Å². The van der Waals surface area contributed by atoms with Gasteiger partial charge in [0, 0.05) is 0 Å². The van der Waals surface area contributed by atoms with Crippen molar-refractivity contribution in [2.24, 2.45) is 0 Å². The normalized spacial score (nSPS) is 13.0. The highest BCUT2D eigenvalue weighted by molar-refractivity contribution is 6.66. The van der Waals surface area contributed by atoms with Gasteiger partial charge in [-0.2, -0.15) is 0 Å². The summed E-state index contributed by atoms with van der Waals surface area (Å²) >= 11 is 21.7. The number of alkyl halides is 3. The van der Waals surface area contributed by atoms with Gasteiger partial charge < -0.3 is 4.74 Å². The van der Waals surface area contributed by atoms with Crippen LogP contribution in [0.4, 0.5) is 0 Å². The lowest BCUT2D eigenvalue weighted by atomic mass is 10.2. The topological polar surface area (TPSA) is 44.8 Å². The standard InChI is InChI=1S/C8H2Cl4O4/c9-5-4-2-1-3(6(5)16-15-4)7(13)14-8(10,11)12/h1-2H. The van der Waals surface area contributed by atoms with Gasteiger partial charge in [0.25, 0.3) is 0 Å². The van der Waals surface area contributed by atoms with Crippen molar-refractivity contribution in [3.05, 3.63) is 22.7 Å². The van der Waals surface area contributed by atoms with E-state index in [1.807, 2.05) is 0 Å². The third-order valence-corrected chi connectivity index (χ3v) is 2.29. The molecule has 1 aromatic rings. The Morgan fingerprint density at radius 3 is 2.56 bits per heavy atom. The molecule has 0 spiro atoms. The van der Waals surface area contributed by atoms with E-state index in [1.165, 1.54) is 12.1 Å². The maximum absolute atomic E-state index is 11.5. The minimum Gasteiger partial charge on any atom is -0.411 e. The van der Waals surface area contributed by atoms with Crippen LogP contribution in [0.5, 0.6) is 11.5 Å². The highest BCUT2D eigenvalue weighted by atomic mass is 35.6. The summed E-state index contributed by atoms with van der Waals surface area (Å²) in [4.78, 5) is 21.0. The summed E-state index contributed by atoms with van der Waals surface area (Å²) < 4.78 is 2.36. The molecule has 4 nitrogen and oxygen atoms in total. The van der Waals surface area contributed by atoms with Gasteiger partial charge in [0.1, 0.15) is 10.6 Å². The number of halogens is 4. The van der Waals surface area contributed by atoms with Gasteiger partial charge in [0.05, 0.1) is 0 Å². The maximum atomic E-state index is 11.5. The number of hydrogen-bond acceptors (Lipinski definition) is 4. The highest BCUT2D eigenvalue weighted by Crippen LogP contribution is 2.43. The molecular weight excluding hydrogens is 302 g/mol. The molecule has 2 rings (SSSR count). The number of benzene rings is 1. The number of carbonyl (C=O) groups excluding carboxylic acids is 1. The lowest BCUT2D eigenvalue weighted by Gasteiger charge is -2.11. The molecule has 0 aliphatic carbocycles. The molecule has 0 radical (unpaired) electrons. The van der Waals surface area contributed by atoms with Gasteiger partial charge in [-0.05, 0) is 46.9 Å². The molecule has 1 aliphatic heterocycles. The van der Waals surface area contributed by atoms with Gasteiger partial charge >= 0.3 is 9.95 Å². The molecule has 1 aromatic carbocycles. The fraction of sp³-hybridized carbons (Fsp3) is 0.125. The van der Waals surface area contributed by atoms with Crippen LogP contribution < -0.4 is 9.78 Å². The fourth-order valence-electron chi connectivity index (χ4n) is 1.09. The van der Waals surface area contributed by atoms with Crippen LogP contribution in [0.1, 0.15) is 10.4 Å². The van der Waals surface area contributed by atoms with Gasteiger partial charge in [-0.3, -0.25) is 9.78 Å². The van der Waals surface area contributed by atoms with Crippen molar-refractivity contribution in [1.29, 1.82) is 0 Å².